The second-order valence-corrected chi connectivity index (χ2v) is 9.40. The van der Waals surface area contributed by atoms with Crippen LogP contribution in [0.1, 0.15) is 56.1 Å². The van der Waals surface area contributed by atoms with E-state index in [-0.39, 0.29) is 11.9 Å². The van der Waals surface area contributed by atoms with Crippen molar-refractivity contribution in [2.45, 2.75) is 63.6 Å². The van der Waals surface area contributed by atoms with Crippen LogP contribution in [0.25, 0.3) is 0 Å². The van der Waals surface area contributed by atoms with Gasteiger partial charge in [0.05, 0.1) is 17.7 Å². The van der Waals surface area contributed by atoms with Gasteiger partial charge in [0.1, 0.15) is 0 Å². The summed E-state index contributed by atoms with van der Waals surface area (Å²) in [7, 11) is 0. The van der Waals surface area contributed by atoms with Crippen LogP contribution >= 0.6 is 0 Å². The van der Waals surface area contributed by atoms with E-state index in [1.807, 2.05) is 24.3 Å². The van der Waals surface area contributed by atoms with Gasteiger partial charge in [-0.25, -0.2) is 0 Å². The summed E-state index contributed by atoms with van der Waals surface area (Å²) >= 11 is 0. The van der Waals surface area contributed by atoms with Crippen molar-refractivity contribution in [1.29, 1.82) is 5.26 Å². The van der Waals surface area contributed by atoms with E-state index in [4.69, 9.17) is 5.26 Å². The number of amides is 1. The lowest BCUT2D eigenvalue weighted by Gasteiger charge is -2.54. The molecule has 1 N–H and O–H groups in total. The average Bonchev–Trinajstić information content (AvgIpc) is 3.13. The third-order valence-corrected chi connectivity index (χ3v) is 7.67. The summed E-state index contributed by atoms with van der Waals surface area (Å²) < 4.78 is 0. The summed E-state index contributed by atoms with van der Waals surface area (Å²) in [6.07, 6.45) is 8.89. The Kier molecular flexibility index (Phi) is 4.44. The fraction of sp³-hybridized carbons (Fsp3) is 0.652. The van der Waals surface area contributed by atoms with Gasteiger partial charge < -0.3 is 5.32 Å². The lowest BCUT2D eigenvalue weighted by atomic mass is 9.54. The van der Waals surface area contributed by atoms with Crippen molar-refractivity contribution in [3.05, 3.63) is 35.4 Å². The first kappa shape index (κ1) is 17.3. The molecule has 1 aromatic rings. The van der Waals surface area contributed by atoms with E-state index < -0.39 is 0 Å². The van der Waals surface area contributed by atoms with Gasteiger partial charge in [0.2, 0.25) is 5.91 Å². The number of hydrogen-bond donors (Lipinski definition) is 1. The van der Waals surface area contributed by atoms with Gasteiger partial charge in [0.25, 0.3) is 0 Å². The van der Waals surface area contributed by atoms with Gasteiger partial charge in [-0.05, 0) is 92.9 Å². The molecule has 1 amide bonds. The minimum Gasteiger partial charge on any atom is -0.351 e. The zero-order valence-electron chi connectivity index (χ0n) is 15.9. The first-order valence-electron chi connectivity index (χ1n) is 10.7. The third kappa shape index (κ3) is 3.27. The number of likely N-dealkylation sites (tertiary alicyclic amines) is 1. The quantitative estimate of drug-likeness (QED) is 0.891. The van der Waals surface area contributed by atoms with Gasteiger partial charge >= 0.3 is 0 Å². The topological polar surface area (TPSA) is 56.1 Å². The molecule has 0 unspecified atom stereocenters. The molecule has 0 radical (unpaired) electrons. The van der Waals surface area contributed by atoms with Gasteiger partial charge in [-0.3, -0.25) is 9.69 Å². The molecule has 5 aliphatic rings. The molecule has 27 heavy (non-hydrogen) atoms. The van der Waals surface area contributed by atoms with Crippen molar-refractivity contribution in [2.24, 2.45) is 23.7 Å². The molecule has 4 heteroatoms. The van der Waals surface area contributed by atoms with Gasteiger partial charge in [0, 0.05) is 12.6 Å². The Bertz CT molecular complexity index is 722. The highest BCUT2D eigenvalue weighted by Crippen LogP contribution is 2.53. The molecule has 0 aromatic heterocycles. The van der Waals surface area contributed by atoms with Crippen molar-refractivity contribution in [2.75, 3.05) is 6.54 Å². The van der Waals surface area contributed by atoms with Crippen LogP contribution in [0, 0.1) is 35.0 Å². The molecule has 142 valence electrons. The predicted octanol–water partition coefficient (Wildman–Crippen LogP) is 3.46. The monoisotopic (exact) mass is 363 g/mol. The van der Waals surface area contributed by atoms with Gasteiger partial charge in [-0.15, -0.1) is 0 Å². The molecule has 4 nitrogen and oxygen atoms in total. The molecular weight excluding hydrogens is 334 g/mol. The maximum Gasteiger partial charge on any atom is 0.237 e. The van der Waals surface area contributed by atoms with Gasteiger partial charge in [0.15, 0.2) is 0 Å². The minimum absolute atomic E-state index is 0.0119. The first-order valence-corrected chi connectivity index (χ1v) is 10.7. The average molecular weight is 364 g/mol. The van der Waals surface area contributed by atoms with Gasteiger partial charge in [-0.1, -0.05) is 12.1 Å². The Morgan fingerprint density at radius 2 is 1.74 bits per heavy atom. The van der Waals surface area contributed by atoms with Crippen molar-refractivity contribution in [1.82, 2.24) is 10.2 Å². The minimum atomic E-state index is 0.0119. The van der Waals surface area contributed by atoms with E-state index in [0.717, 1.165) is 49.6 Å². The maximum atomic E-state index is 13.1. The SMILES string of the molecule is N#Cc1ccc(CN2CCC[C@@H]2C(=O)NC2C3CC4CC(C3)CC2C4)cc1. The van der Waals surface area contributed by atoms with Crippen LogP contribution in [-0.2, 0) is 11.3 Å². The Balaban J connectivity index is 1.23. The predicted molar refractivity (Wildman–Crippen MR) is 104 cm³/mol. The standard InChI is InChI=1S/C23H29N3O/c24-13-15-3-5-16(6-4-15)14-26-7-1-2-21(26)23(27)25-22-19-9-17-8-18(11-19)12-20(22)10-17/h3-6,17-22H,1-2,7-12,14H2,(H,25,27)/t17?,18?,19?,20?,21-,22?/m1/s1. The molecule has 1 heterocycles. The molecule has 6 rings (SSSR count). The molecule has 4 saturated carbocycles. The van der Waals surface area contributed by atoms with E-state index in [2.05, 4.69) is 16.3 Å². The zero-order valence-corrected chi connectivity index (χ0v) is 15.9. The normalized spacial score (nSPS) is 37.3. The summed E-state index contributed by atoms with van der Waals surface area (Å²) in [5.41, 5.74) is 1.87. The number of benzene rings is 1. The lowest BCUT2D eigenvalue weighted by Crippen LogP contribution is -2.58. The number of nitriles is 1. The number of rotatable bonds is 4. The van der Waals surface area contributed by atoms with Crippen LogP contribution in [0.15, 0.2) is 24.3 Å². The number of nitrogens with one attached hydrogen (secondary N) is 1. The van der Waals surface area contributed by atoms with E-state index >= 15 is 0 Å². The Hall–Kier alpha value is -1.86. The van der Waals surface area contributed by atoms with Crippen LogP contribution in [-0.4, -0.2) is 29.4 Å². The highest BCUT2D eigenvalue weighted by atomic mass is 16.2. The van der Waals surface area contributed by atoms with Crippen LogP contribution in [0.3, 0.4) is 0 Å². The molecule has 1 atom stereocenters. The summed E-state index contributed by atoms with van der Waals surface area (Å²) in [4.78, 5) is 15.5. The molecule has 5 fully saturated rings. The number of nitrogens with zero attached hydrogens (tertiary/aromatic N) is 2. The fourth-order valence-electron chi connectivity index (χ4n) is 6.65. The van der Waals surface area contributed by atoms with E-state index in [1.165, 1.54) is 37.7 Å². The van der Waals surface area contributed by atoms with Crippen molar-refractivity contribution >= 4 is 5.91 Å². The second kappa shape index (κ2) is 6.95. The Labute approximate surface area is 161 Å². The molecule has 4 aliphatic carbocycles. The van der Waals surface area contributed by atoms with Gasteiger partial charge in [-0.2, -0.15) is 5.26 Å². The van der Waals surface area contributed by atoms with E-state index in [1.54, 1.807) is 0 Å². The molecule has 1 aromatic carbocycles. The van der Waals surface area contributed by atoms with Crippen LogP contribution in [0.4, 0.5) is 0 Å². The summed E-state index contributed by atoms with van der Waals surface area (Å²) in [6.45, 7) is 1.78. The highest BCUT2D eigenvalue weighted by Gasteiger charge is 2.49. The number of hydrogen-bond acceptors (Lipinski definition) is 3. The second-order valence-electron chi connectivity index (χ2n) is 9.40. The van der Waals surface area contributed by atoms with Crippen molar-refractivity contribution < 1.29 is 4.79 Å². The molecule has 4 bridgehead atoms. The van der Waals surface area contributed by atoms with Crippen molar-refractivity contribution in [3.63, 3.8) is 0 Å². The van der Waals surface area contributed by atoms with E-state index in [0.29, 0.717) is 11.6 Å². The van der Waals surface area contributed by atoms with Crippen LogP contribution in [0.2, 0.25) is 0 Å². The molecule has 1 aliphatic heterocycles. The number of carbonyl (C=O) groups excluding carboxylic acids is 1. The largest absolute Gasteiger partial charge is 0.351 e. The van der Waals surface area contributed by atoms with Crippen LogP contribution < -0.4 is 5.32 Å². The van der Waals surface area contributed by atoms with E-state index in [9.17, 15) is 4.79 Å². The zero-order chi connectivity index (χ0) is 18.4. The summed E-state index contributed by atoms with van der Waals surface area (Å²) in [5.74, 6) is 3.62. The fourth-order valence-corrected chi connectivity index (χ4v) is 6.65. The summed E-state index contributed by atoms with van der Waals surface area (Å²) in [5, 5.41) is 12.5. The Morgan fingerprint density at radius 1 is 1.07 bits per heavy atom. The Morgan fingerprint density at radius 3 is 2.37 bits per heavy atom. The smallest absolute Gasteiger partial charge is 0.237 e. The van der Waals surface area contributed by atoms with Crippen LogP contribution in [0.5, 0.6) is 0 Å². The first-order chi connectivity index (χ1) is 13.2. The lowest BCUT2D eigenvalue weighted by molar-refractivity contribution is -0.129. The summed E-state index contributed by atoms with van der Waals surface area (Å²) in [6, 6.07) is 10.4. The third-order valence-electron chi connectivity index (χ3n) is 7.67. The molecule has 0 spiro atoms. The molecule has 1 saturated heterocycles. The molecular formula is C23H29N3O. The maximum absolute atomic E-state index is 13.1. The highest BCUT2D eigenvalue weighted by molar-refractivity contribution is 5.82. The number of carbonyl (C=O) groups is 1. The van der Waals surface area contributed by atoms with Crippen molar-refractivity contribution in [3.8, 4) is 6.07 Å².